The van der Waals surface area contributed by atoms with Gasteiger partial charge in [-0.25, -0.2) is 0 Å². The molecule has 3 rings (SSSR count). The van der Waals surface area contributed by atoms with Crippen LogP contribution in [0.5, 0.6) is 0 Å². The standard InChI is InChI=1S/C14H22O4/c1-9-6-11(4-5-16-9)14(15)17-8-10-2-3-12-13(7-10)18-12/h9-13H,2-8H2,1H3. The van der Waals surface area contributed by atoms with E-state index in [0.717, 1.165) is 32.1 Å². The Hall–Kier alpha value is -0.610. The Balaban J connectivity index is 1.40. The molecule has 1 aliphatic carbocycles. The zero-order valence-electron chi connectivity index (χ0n) is 11.0. The summed E-state index contributed by atoms with van der Waals surface area (Å²) in [7, 11) is 0. The van der Waals surface area contributed by atoms with Gasteiger partial charge in [0.2, 0.25) is 0 Å². The Labute approximate surface area is 108 Å². The first-order valence-electron chi connectivity index (χ1n) is 7.16. The molecular formula is C14H22O4. The van der Waals surface area contributed by atoms with Crippen LogP contribution in [0.3, 0.4) is 0 Å². The number of fused-ring (bicyclic) bond motifs is 1. The number of hydrogen-bond donors (Lipinski definition) is 0. The van der Waals surface area contributed by atoms with E-state index in [1.165, 1.54) is 0 Å². The zero-order valence-corrected chi connectivity index (χ0v) is 11.0. The average Bonchev–Trinajstić information content (AvgIpc) is 3.14. The van der Waals surface area contributed by atoms with E-state index in [-0.39, 0.29) is 18.0 Å². The molecule has 0 aromatic rings. The number of epoxide rings is 1. The molecule has 0 amide bonds. The lowest BCUT2D eigenvalue weighted by Crippen LogP contribution is -2.31. The normalized spacial score (nSPS) is 43.1. The highest BCUT2D eigenvalue weighted by molar-refractivity contribution is 5.72. The van der Waals surface area contributed by atoms with Crippen molar-refractivity contribution in [1.29, 1.82) is 0 Å². The zero-order chi connectivity index (χ0) is 12.5. The molecule has 18 heavy (non-hydrogen) atoms. The third-order valence-corrected chi connectivity index (χ3v) is 4.39. The minimum absolute atomic E-state index is 0.0241. The second-order valence-corrected chi connectivity index (χ2v) is 5.92. The third kappa shape index (κ3) is 2.86. The van der Waals surface area contributed by atoms with Gasteiger partial charge in [0.25, 0.3) is 0 Å². The fourth-order valence-electron chi connectivity index (χ4n) is 3.17. The topological polar surface area (TPSA) is 48.1 Å². The van der Waals surface area contributed by atoms with Crippen LogP contribution in [0.2, 0.25) is 0 Å². The smallest absolute Gasteiger partial charge is 0.309 e. The van der Waals surface area contributed by atoms with Gasteiger partial charge in [0.05, 0.1) is 30.8 Å². The number of ether oxygens (including phenoxy) is 3. The first-order valence-corrected chi connectivity index (χ1v) is 7.16. The second-order valence-electron chi connectivity index (χ2n) is 5.92. The molecule has 3 fully saturated rings. The monoisotopic (exact) mass is 254 g/mol. The van der Waals surface area contributed by atoms with E-state index < -0.39 is 0 Å². The Morgan fingerprint density at radius 3 is 2.89 bits per heavy atom. The molecule has 0 spiro atoms. The molecule has 4 nitrogen and oxygen atoms in total. The third-order valence-electron chi connectivity index (χ3n) is 4.39. The van der Waals surface area contributed by atoms with E-state index in [2.05, 4.69) is 0 Å². The van der Waals surface area contributed by atoms with Crippen LogP contribution in [0, 0.1) is 11.8 Å². The van der Waals surface area contributed by atoms with Crippen molar-refractivity contribution in [2.24, 2.45) is 11.8 Å². The minimum Gasteiger partial charge on any atom is -0.465 e. The molecule has 3 aliphatic rings. The number of rotatable bonds is 3. The predicted octanol–water partition coefficient (Wildman–Crippen LogP) is 1.91. The van der Waals surface area contributed by atoms with Crippen LogP contribution in [0.4, 0.5) is 0 Å². The molecule has 2 heterocycles. The van der Waals surface area contributed by atoms with Gasteiger partial charge in [-0.1, -0.05) is 0 Å². The summed E-state index contributed by atoms with van der Waals surface area (Å²) in [4.78, 5) is 12.0. The van der Waals surface area contributed by atoms with Crippen molar-refractivity contribution >= 4 is 5.97 Å². The predicted molar refractivity (Wildman–Crippen MR) is 65.1 cm³/mol. The van der Waals surface area contributed by atoms with E-state index in [9.17, 15) is 4.79 Å². The maximum atomic E-state index is 12.0. The van der Waals surface area contributed by atoms with Crippen LogP contribution in [0.15, 0.2) is 0 Å². The van der Waals surface area contributed by atoms with Crippen molar-refractivity contribution < 1.29 is 19.0 Å². The first-order chi connectivity index (χ1) is 8.72. The summed E-state index contributed by atoms with van der Waals surface area (Å²) in [6, 6.07) is 0. The van der Waals surface area contributed by atoms with E-state index in [1.54, 1.807) is 0 Å². The molecule has 2 saturated heterocycles. The van der Waals surface area contributed by atoms with E-state index in [4.69, 9.17) is 14.2 Å². The molecule has 102 valence electrons. The first kappa shape index (κ1) is 12.4. The highest BCUT2D eigenvalue weighted by atomic mass is 16.6. The van der Waals surface area contributed by atoms with E-state index in [0.29, 0.717) is 31.3 Å². The van der Waals surface area contributed by atoms with Crippen molar-refractivity contribution in [3.05, 3.63) is 0 Å². The van der Waals surface area contributed by atoms with Crippen molar-refractivity contribution in [3.8, 4) is 0 Å². The molecule has 2 aliphatic heterocycles. The van der Waals surface area contributed by atoms with Crippen LogP contribution >= 0.6 is 0 Å². The summed E-state index contributed by atoms with van der Waals surface area (Å²) in [5, 5.41) is 0. The summed E-state index contributed by atoms with van der Waals surface area (Å²) < 4.78 is 16.4. The average molecular weight is 254 g/mol. The van der Waals surface area contributed by atoms with Gasteiger partial charge in [0.15, 0.2) is 0 Å². The van der Waals surface area contributed by atoms with Crippen LogP contribution in [0.1, 0.15) is 39.0 Å². The van der Waals surface area contributed by atoms with Gasteiger partial charge in [-0.2, -0.15) is 0 Å². The molecule has 0 N–H and O–H groups in total. The van der Waals surface area contributed by atoms with Crippen LogP contribution in [0.25, 0.3) is 0 Å². The Bertz CT molecular complexity index is 317. The molecule has 5 atom stereocenters. The SMILES string of the molecule is CC1CC(C(=O)OCC2CCC3OC3C2)CCO1. The van der Waals surface area contributed by atoms with Crippen LogP contribution in [-0.2, 0) is 19.0 Å². The molecule has 0 aromatic carbocycles. The maximum Gasteiger partial charge on any atom is 0.309 e. The fourth-order valence-corrected chi connectivity index (χ4v) is 3.17. The van der Waals surface area contributed by atoms with Crippen molar-refractivity contribution in [3.63, 3.8) is 0 Å². The Morgan fingerprint density at radius 1 is 1.22 bits per heavy atom. The molecule has 0 bridgehead atoms. The molecule has 1 saturated carbocycles. The maximum absolute atomic E-state index is 12.0. The van der Waals surface area contributed by atoms with Crippen LogP contribution in [-0.4, -0.2) is 37.5 Å². The van der Waals surface area contributed by atoms with Gasteiger partial charge in [-0.05, 0) is 44.9 Å². The van der Waals surface area contributed by atoms with Gasteiger partial charge < -0.3 is 14.2 Å². The summed E-state index contributed by atoms with van der Waals surface area (Å²) >= 11 is 0. The number of esters is 1. The van der Waals surface area contributed by atoms with E-state index >= 15 is 0 Å². The minimum atomic E-state index is -0.0241. The van der Waals surface area contributed by atoms with E-state index in [1.807, 2.05) is 6.92 Å². The summed E-state index contributed by atoms with van der Waals surface area (Å²) in [5.74, 6) is 0.529. The van der Waals surface area contributed by atoms with Crippen molar-refractivity contribution in [2.75, 3.05) is 13.2 Å². The second kappa shape index (κ2) is 5.17. The lowest BCUT2D eigenvalue weighted by atomic mass is 9.90. The molecule has 0 radical (unpaired) electrons. The van der Waals surface area contributed by atoms with Gasteiger partial charge in [-0.15, -0.1) is 0 Å². The molecule has 4 heteroatoms. The summed E-state index contributed by atoms with van der Waals surface area (Å²) in [5.41, 5.74) is 0. The van der Waals surface area contributed by atoms with Gasteiger partial charge in [-0.3, -0.25) is 4.79 Å². The highest BCUT2D eigenvalue weighted by Crippen LogP contribution is 2.39. The summed E-state index contributed by atoms with van der Waals surface area (Å²) in [6.45, 7) is 3.28. The van der Waals surface area contributed by atoms with Gasteiger partial charge >= 0.3 is 5.97 Å². The molecular weight excluding hydrogens is 232 g/mol. The largest absolute Gasteiger partial charge is 0.465 e. The number of carbonyl (C=O) groups is 1. The lowest BCUT2D eigenvalue weighted by Gasteiger charge is -2.26. The molecule has 5 unspecified atom stereocenters. The lowest BCUT2D eigenvalue weighted by molar-refractivity contribution is -0.155. The number of hydrogen-bond acceptors (Lipinski definition) is 4. The Morgan fingerprint density at radius 2 is 2.11 bits per heavy atom. The fraction of sp³-hybridized carbons (Fsp3) is 0.929. The molecule has 0 aromatic heterocycles. The van der Waals surface area contributed by atoms with Crippen LogP contribution < -0.4 is 0 Å². The Kier molecular flexibility index (Phi) is 3.57. The quantitative estimate of drug-likeness (QED) is 0.570. The van der Waals surface area contributed by atoms with Gasteiger partial charge in [0.1, 0.15) is 0 Å². The summed E-state index contributed by atoms with van der Waals surface area (Å²) in [6.07, 6.45) is 6.13. The van der Waals surface area contributed by atoms with Gasteiger partial charge in [0, 0.05) is 6.61 Å². The highest BCUT2D eigenvalue weighted by Gasteiger charge is 2.44. The van der Waals surface area contributed by atoms with Crippen molar-refractivity contribution in [2.45, 2.75) is 57.3 Å². The van der Waals surface area contributed by atoms with Crippen molar-refractivity contribution in [1.82, 2.24) is 0 Å². The number of carbonyl (C=O) groups excluding carboxylic acids is 1.